The average Bonchev–Trinajstić information content (AvgIpc) is 3.56. The van der Waals surface area contributed by atoms with Crippen molar-refractivity contribution in [2.75, 3.05) is 6.61 Å². The molecule has 0 saturated heterocycles. The van der Waals surface area contributed by atoms with Crippen LogP contribution in [-0.2, 0) is 32.1 Å². The molecule has 2 aromatic rings. The van der Waals surface area contributed by atoms with Gasteiger partial charge in [-0.05, 0) is 60.2 Å². The number of nitrogens with zero attached hydrogens (tertiary/aromatic N) is 1. The van der Waals surface area contributed by atoms with E-state index in [4.69, 9.17) is 21.1 Å². The van der Waals surface area contributed by atoms with Crippen LogP contribution in [0.1, 0.15) is 51.7 Å². The number of hydrogen-bond donors (Lipinski definition) is 1. The van der Waals surface area contributed by atoms with Crippen LogP contribution < -0.4 is 10.1 Å². The number of carbonyl (C=O) groups excluding carboxylic acids is 3. The Morgan fingerprint density at radius 2 is 1.89 bits per heavy atom. The van der Waals surface area contributed by atoms with Crippen LogP contribution in [0, 0.1) is 11.3 Å². The van der Waals surface area contributed by atoms with Crippen LogP contribution in [0.5, 0.6) is 11.5 Å². The van der Waals surface area contributed by atoms with Crippen LogP contribution in [-0.4, -0.2) is 40.9 Å². The molecule has 1 unspecified atom stereocenters. The highest BCUT2D eigenvalue weighted by Gasteiger charge is 2.61. The smallest absolute Gasteiger partial charge is 0.332 e. The van der Waals surface area contributed by atoms with Crippen LogP contribution in [0.25, 0.3) is 0 Å². The molecule has 8 heteroatoms. The average molecular weight is 539 g/mol. The van der Waals surface area contributed by atoms with E-state index in [1.807, 2.05) is 51.1 Å². The molecule has 1 N–H and O–H groups in total. The third-order valence-electron chi connectivity index (χ3n) is 6.93. The van der Waals surface area contributed by atoms with Crippen LogP contribution in [0.2, 0.25) is 5.02 Å². The molecule has 7 nitrogen and oxygen atoms in total. The fourth-order valence-electron chi connectivity index (χ4n) is 4.91. The first kappa shape index (κ1) is 27.7. The minimum atomic E-state index is -1.13. The lowest BCUT2D eigenvalue weighted by Gasteiger charge is -2.38. The monoisotopic (exact) mass is 538 g/mol. The van der Waals surface area contributed by atoms with Gasteiger partial charge in [0.1, 0.15) is 23.1 Å². The van der Waals surface area contributed by atoms with Gasteiger partial charge in [-0.25, -0.2) is 4.79 Å². The lowest BCUT2D eigenvalue weighted by Crippen LogP contribution is -2.57. The van der Waals surface area contributed by atoms with E-state index in [-0.39, 0.29) is 36.3 Å². The molecule has 0 radical (unpaired) electrons. The molecule has 4 rings (SSSR count). The maximum absolute atomic E-state index is 13.7. The molecular formula is C30H35ClN2O5. The van der Waals surface area contributed by atoms with Gasteiger partial charge in [-0.3, -0.25) is 9.59 Å². The van der Waals surface area contributed by atoms with E-state index in [9.17, 15) is 14.4 Å². The molecular weight excluding hydrogens is 504 g/mol. The molecule has 1 fully saturated rings. The first-order valence-corrected chi connectivity index (χ1v) is 13.3. The maximum Gasteiger partial charge on any atom is 0.332 e. The summed E-state index contributed by atoms with van der Waals surface area (Å²) < 4.78 is 11.3. The molecule has 1 aliphatic carbocycles. The summed E-state index contributed by atoms with van der Waals surface area (Å²) >= 11 is 6.09. The van der Waals surface area contributed by atoms with Gasteiger partial charge in [0.25, 0.3) is 0 Å². The minimum absolute atomic E-state index is 0.108. The van der Waals surface area contributed by atoms with Crippen molar-refractivity contribution in [1.82, 2.24) is 10.2 Å². The molecule has 0 aromatic heterocycles. The van der Waals surface area contributed by atoms with Crippen molar-refractivity contribution in [3.63, 3.8) is 0 Å². The van der Waals surface area contributed by atoms with Crippen LogP contribution in [0.3, 0.4) is 0 Å². The summed E-state index contributed by atoms with van der Waals surface area (Å²) in [5, 5.41) is 3.51. The third-order valence-corrected chi connectivity index (χ3v) is 7.16. The van der Waals surface area contributed by atoms with Gasteiger partial charge in [-0.2, -0.15) is 0 Å². The van der Waals surface area contributed by atoms with E-state index in [0.717, 1.165) is 11.1 Å². The Kier molecular flexibility index (Phi) is 7.88. The summed E-state index contributed by atoms with van der Waals surface area (Å²) in [7, 11) is 0. The number of rotatable bonds is 8. The summed E-state index contributed by atoms with van der Waals surface area (Å²) in [5.41, 5.74) is 0.477. The zero-order valence-corrected chi connectivity index (χ0v) is 23.1. The molecule has 2 aromatic carbocycles. The van der Waals surface area contributed by atoms with Gasteiger partial charge in [0.2, 0.25) is 11.8 Å². The van der Waals surface area contributed by atoms with Crippen molar-refractivity contribution in [3.8, 4) is 11.5 Å². The number of ether oxygens (including phenoxy) is 2. The van der Waals surface area contributed by atoms with Gasteiger partial charge in [0.05, 0.1) is 6.61 Å². The first-order valence-electron chi connectivity index (χ1n) is 12.9. The van der Waals surface area contributed by atoms with E-state index in [2.05, 4.69) is 11.9 Å². The predicted molar refractivity (Wildman–Crippen MR) is 146 cm³/mol. The highest BCUT2D eigenvalue weighted by molar-refractivity contribution is 6.30. The number of fused-ring (bicyclic) bond motifs is 1. The lowest BCUT2D eigenvalue weighted by molar-refractivity contribution is -0.151. The zero-order chi connectivity index (χ0) is 27.7. The quantitative estimate of drug-likeness (QED) is 0.357. The Hall–Kier alpha value is -3.32. The maximum atomic E-state index is 13.7. The molecule has 2 aliphatic rings. The Balaban J connectivity index is 1.62. The van der Waals surface area contributed by atoms with Crippen LogP contribution in [0.4, 0.5) is 0 Å². The normalized spacial score (nSPS) is 22.2. The van der Waals surface area contributed by atoms with Gasteiger partial charge in [0, 0.05) is 30.3 Å². The van der Waals surface area contributed by atoms with Crippen molar-refractivity contribution in [3.05, 3.63) is 71.3 Å². The molecule has 202 valence electrons. The summed E-state index contributed by atoms with van der Waals surface area (Å²) in [6, 6.07) is 12.0. The molecule has 0 spiro atoms. The minimum Gasteiger partial charge on any atom is -0.464 e. The van der Waals surface area contributed by atoms with E-state index in [0.29, 0.717) is 35.8 Å². The SMILES string of the molecule is C=C[C@@H]1C[C@]1(NC(=O)C1Cc2cc(Oc3cccc(Cl)c3)ccc2CN1C(=O)CC(C)(C)C)C(=O)OCC. The number of amides is 2. The van der Waals surface area contributed by atoms with Gasteiger partial charge in [-0.15, -0.1) is 6.58 Å². The Bertz CT molecular complexity index is 1250. The number of hydrogen-bond acceptors (Lipinski definition) is 5. The number of nitrogens with one attached hydrogen (secondary N) is 1. The second-order valence-electron chi connectivity index (χ2n) is 11.2. The van der Waals surface area contributed by atoms with Crippen molar-refractivity contribution in [2.45, 2.75) is 65.1 Å². The summed E-state index contributed by atoms with van der Waals surface area (Å²) in [5.74, 6) is 0.0407. The van der Waals surface area contributed by atoms with Crippen LogP contribution in [0.15, 0.2) is 55.1 Å². The first-order chi connectivity index (χ1) is 18.0. The summed E-state index contributed by atoms with van der Waals surface area (Å²) in [4.78, 5) is 41.5. The molecule has 1 aliphatic heterocycles. The van der Waals surface area contributed by atoms with Crippen molar-refractivity contribution in [2.24, 2.45) is 11.3 Å². The fraction of sp³-hybridized carbons (Fsp3) is 0.433. The van der Waals surface area contributed by atoms with E-state index < -0.39 is 17.6 Å². The third kappa shape index (κ3) is 6.04. The second-order valence-corrected chi connectivity index (χ2v) is 11.6. The predicted octanol–water partition coefficient (Wildman–Crippen LogP) is 5.45. The largest absolute Gasteiger partial charge is 0.464 e. The molecule has 1 heterocycles. The molecule has 38 heavy (non-hydrogen) atoms. The van der Waals surface area contributed by atoms with Gasteiger partial charge < -0.3 is 19.7 Å². The van der Waals surface area contributed by atoms with Crippen LogP contribution >= 0.6 is 11.6 Å². The fourth-order valence-corrected chi connectivity index (χ4v) is 5.09. The molecule has 1 saturated carbocycles. The second kappa shape index (κ2) is 10.8. The summed E-state index contributed by atoms with van der Waals surface area (Å²) in [6.07, 6.45) is 2.68. The zero-order valence-electron chi connectivity index (χ0n) is 22.4. The van der Waals surface area contributed by atoms with Crippen molar-refractivity contribution >= 4 is 29.4 Å². The molecule has 3 atom stereocenters. The van der Waals surface area contributed by atoms with Gasteiger partial charge >= 0.3 is 5.97 Å². The number of halogens is 1. The number of esters is 1. The molecule has 0 bridgehead atoms. The lowest BCUT2D eigenvalue weighted by atomic mass is 9.88. The molecule has 2 amide bonds. The highest BCUT2D eigenvalue weighted by atomic mass is 35.5. The summed E-state index contributed by atoms with van der Waals surface area (Å²) in [6.45, 7) is 12.0. The Labute approximate surface area is 229 Å². The Morgan fingerprint density at radius 3 is 2.53 bits per heavy atom. The highest BCUT2D eigenvalue weighted by Crippen LogP contribution is 2.45. The standard InChI is InChI=1S/C30H35ClN2O5/c1-6-21-16-30(21,28(36)37-7-2)32-27(35)25-14-20-13-24(38-23-10-8-9-22(31)15-23)12-11-19(20)18-33(25)26(34)17-29(3,4)5/h6,8-13,15,21,25H,1,7,14,16-18H2,2-5H3,(H,32,35)/t21-,25?,30-/m1/s1. The van der Waals surface area contributed by atoms with Crippen molar-refractivity contribution < 1.29 is 23.9 Å². The topological polar surface area (TPSA) is 84.9 Å². The van der Waals surface area contributed by atoms with Gasteiger partial charge in [0.15, 0.2) is 0 Å². The Morgan fingerprint density at radius 1 is 1.16 bits per heavy atom. The van der Waals surface area contributed by atoms with Gasteiger partial charge in [-0.1, -0.05) is 50.6 Å². The number of carbonyl (C=O) groups is 3. The number of benzene rings is 2. The van der Waals surface area contributed by atoms with E-state index in [1.54, 1.807) is 30.0 Å². The van der Waals surface area contributed by atoms with E-state index in [1.165, 1.54) is 0 Å². The van der Waals surface area contributed by atoms with E-state index >= 15 is 0 Å². The van der Waals surface area contributed by atoms with Crippen molar-refractivity contribution in [1.29, 1.82) is 0 Å².